The summed E-state index contributed by atoms with van der Waals surface area (Å²) in [4.78, 5) is 18.9. The van der Waals surface area contributed by atoms with Gasteiger partial charge in [-0.1, -0.05) is 38.8 Å². The van der Waals surface area contributed by atoms with Crippen LogP contribution in [0, 0.1) is 0 Å². The highest BCUT2D eigenvalue weighted by atomic mass is 16.2. The molecule has 4 nitrogen and oxygen atoms in total. The maximum atomic E-state index is 12.7. The first-order valence-corrected chi connectivity index (χ1v) is 9.26. The van der Waals surface area contributed by atoms with Gasteiger partial charge in [0.2, 0.25) is 0 Å². The molecule has 25 heavy (non-hydrogen) atoms. The summed E-state index contributed by atoms with van der Waals surface area (Å²) >= 11 is 0. The van der Waals surface area contributed by atoms with Crippen molar-refractivity contribution in [3.05, 3.63) is 53.9 Å². The fourth-order valence-corrected chi connectivity index (χ4v) is 3.18. The summed E-state index contributed by atoms with van der Waals surface area (Å²) in [5.41, 5.74) is 3.75. The first-order valence-electron chi connectivity index (χ1n) is 9.26. The Balaban J connectivity index is 1.71. The number of likely N-dealkylation sites (tertiary alicyclic amines) is 1. The third-order valence-corrected chi connectivity index (χ3v) is 4.74. The summed E-state index contributed by atoms with van der Waals surface area (Å²) in [5, 5.41) is 3.37. The number of nitrogens with one attached hydrogen (secondary N) is 1. The van der Waals surface area contributed by atoms with E-state index in [4.69, 9.17) is 0 Å². The number of hydrogen-bond acceptors (Lipinski definition) is 3. The number of benzene rings is 1. The number of carbonyl (C=O) groups is 1. The Bertz CT molecular complexity index is 701. The van der Waals surface area contributed by atoms with Crippen LogP contribution >= 0.6 is 0 Å². The van der Waals surface area contributed by atoms with E-state index >= 15 is 0 Å². The van der Waals surface area contributed by atoms with E-state index in [0.717, 1.165) is 37.3 Å². The van der Waals surface area contributed by atoms with Gasteiger partial charge in [-0.15, -0.1) is 0 Å². The van der Waals surface area contributed by atoms with Gasteiger partial charge in [-0.3, -0.25) is 9.78 Å². The van der Waals surface area contributed by atoms with Crippen LogP contribution in [0.4, 0.5) is 11.4 Å². The molecule has 1 fully saturated rings. The molecule has 2 heterocycles. The third kappa shape index (κ3) is 4.59. The number of hydrogen-bond donors (Lipinski definition) is 1. The van der Waals surface area contributed by atoms with Crippen LogP contribution in [0.1, 0.15) is 61.5 Å². The molecule has 1 amide bonds. The molecular formula is C21H27N3O. The summed E-state index contributed by atoms with van der Waals surface area (Å²) in [5.74, 6) is 0.563. The number of nitrogens with zero attached hydrogens (tertiary/aromatic N) is 2. The van der Waals surface area contributed by atoms with Gasteiger partial charge in [0.15, 0.2) is 0 Å². The Kier molecular flexibility index (Phi) is 5.69. The number of anilines is 2. The van der Waals surface area contributed by atoms with Crippen molar-refractivity contribution in [2.24, 2.45) is 0 Å². The average molecular weight is 337 g/mol. The average Bonchev–Trinajstić information content (AvgIpc) is 2.91. The number of aromatic nitrogens is 1. The largest absolute Gasteiger partial charge is 0.355 e. The molecule has 0 radical (unpaired) electrons. The predicted octanol–water partition coefficient (Wildman–Crippen LogP) is 4.96. The van der Waals surface area contributed by atoms with E-state index in [1.54, 1.807) is 6.20 Å². The molecule has 0 saturated carbocycles. The van der Waals surface area contributed by atoms with Gasteiger partial charge in [0.25, 0.3) is 5.91 Å². The van der Waals surface area contributed by atoms with Crippen LogP contribution in [-0.2, 0) is 0 Å². The van der Waals surface area contributed by atoms with Crippen LogP contribution in [0.3, 0.4) is 0 Å². The van der Waals surface area contributed by atoms with E-state index in [1.165, 1.54) is 18.4 Å². The smallest absolute Gasteiger partial charge is 0.272 e. The third-order valence-electron chi connectivity index (χ3n) is 4.74. The van der Waals surface area contributed by atoms with Crippen molar-refractivity contribution in [3.63, 3.8) is 0 Å². The van der Waals surface area contributed by atoms with Crippen molar-refractivity contribution in [2.45, 2.75) is 45.4 Å². The minimum Gasteiger partial charge on any atom is -0.355 e. The quantitative estimate of drug-likeness (QED) is 0.857. The van der Waals surface area contributed by atoms with E-state index in [-0.39, 0.29) is 5.91 Å². The van der Waals surface area contributed by atoms with Crippen molar-refractivity contribution >= 4 is 17.3 Å². The topological polar surface area (TPSA) is 45.2 Å². The molecule has 1 aromatic heterocycles. The van der Waals surface area contributed by atoms with Crippen LogP contribution < -0.4 is 5.32 Å². The van der Waals surface area contributed by atoms with Gasteiger partial charge >= 0.3 is 0 Å². The number of pyridine rings is 1. The second-order valence-electron chi connectivity index (χ2n) is 7.04. The molecule has 1 N–H and O–H groups in total. The summed E-state index contributed by atoms with van der Waals surface area (Å²) in [7, 11) is 0. The van der Waals surface area contributed by atoms with Crippen molar-refractivity contribution in [1.82, 2.24) is 9.88 Å². The highest BCUT2D eigenvalue weighted by Gasteiger charge is 2.18. The minimum absolute atomic E-state index is 0.0423. The monoisotopic (exact) mass is 337 g/mol. The Morgan fingerprint density at radius 2 is 1.68 bits per heavy atom. The molecule has 1 aliphatic rings. The van der Waals surface area contributed by atoms with Gasteiger partial charge in [-0.2, -0.15) is 0 Å². The highest BCUT2D eigenvalue weighted by Crippen LogP contribution is 2.21. The van der Waals surface area contributed by atoms with Gasteiger partial charge in [-0.25, -0.2) is 0 Å². The Morgan fingerprint density at radius 1 is 1.00 bits per heavy atom. The van der Waals surface area contributed by atoms with E-state index < -0.39 is 0 Å². The van der Waals surface area contributed by atoms with Gasteiger partial charge in [-0.05, 0) is 48.6 Å². The molecule has 0 unspecified atom stereocenters. The zero-order valence-electron chi connectivity index (χ0n) is 15.2. The molecule has 1 saturated heterocycles. The standard InChI is InChI=1S/C21H27N3O/c1-16(2)17-7-9-18(10-8-17)23-19-11-12-22-20(15-19)21(25)24-13-5-3-4-6-14-24/h7-12,15-16H,3-6,13-14H2,1-2H3,(H,22,23). The molecule has 4 heteroatoms. The fraction of sp³-hybridized carbons (Fsp3) is 0.429. The Labute approximate surface area is 150 Å². The van der Waals surface area contributed by atoms with Gasteiger partial charge in [0.05, 0.1) is 0 Å². The molecule has 1 aromatic carbocycles. The second kappa shape index (κ2) is 8.15. The van der Waals surface area contributed by atoms with Crippen molar-refractivity contribution in [3.8, 4) is 0 Å². The van der Waals surface area contributed by atoms with Crippen LogP contribution in [-0.4, -0.2) is 28.9 Å². The lowest BCUT2D eigenvalue weighted by atomic mass is 10.0. The van der Waals surface area contributed by atoms with E-state index in [2.05, 4.69) is 48.4 Å². The number of carbonyl (C=O) groups excluding carboxylic acids is 1. The maximum Gasteiger partial charge on any atom is 0.272 e. The molecule has 2 aromatic rings. The zero-order valence-corrected chi connectivity index (χ0v) is 15.2. The molecule has 0 spiro atoms. The molecule has 0 aliphatic carbocycles. The van der Waals surface area contributed by atoms with E-state index in [9.17, 15) is 4.79 Å². The fourth-order valence-electron chi connectivity index (χ4n) is 3.18. The predicted molar refractivity (Wildman–Crippen MR) is 102 cm³/mol. The first kappa shape index (κ1) is 17.5. The molecular weight excluding hydrogens is 310 g/mol. The lowest BCUT2D eigenvalue weighted by Crippen LogP contribution is -2.32. The molecule has 3 rings (SSSR count). The lowest BCUT2D eigenvalue weighted by molar-refractivity contribution is 0.0756. The minimum atomic E-state index is 0.0423. The van der Waals surface area contributed by atoms with E-state index in [0.29, 0.717) is 11.6 Å². The normalized spacial score (nSPS) is 15.1. The van der Waals surface area contributed by atoms with Crippen LogP contribution in [0.5, 0.6) is 0 Å². The summed E-state index contributed by atoms with van der Waals surface area (Å²) in [6, 6.07) is 12.2. The highest BCUT2D eigenvalue weighted by molar-refractivity contribution is 5.93. The van der Waals surface area contributed by atoms with E-state index in [1.807, 2.05) is 17.0 Å². The Morgan fingerprint density at radius 3 is 2.32 bits per heavy atom. The van der Waals surface area contributed by atoms with Crippen molar-refractivity contribution in [1.29, 1.82) is 0 Å². The van der Waals surface area contributed by atoms with Crippen LogP contribution in [0.2, 0.25) is 0 Å². The van der Waals surface area contributed by atoms with Crippen molar-refractivity contribution < 1.29 is 4.79 Å². The van der Waals surface area contributed by atoms with Crippen molar-refractivity contribution in [2.75, 3.05) is 18.4 Å². The summed E-state index contributed by atoms with van der Waals surface area (Å²) < 4.78 is 0. The zero-order chi connectivity index (χ0) is 17.6. The summed E-state index contributed by atoms with van der Waals surface area (Å²) in [6.07, 6.45) is 6.31. The van der Waals surface area contributed by atoms with Gasteiger partial charge in [0.1, 0.15) is 5.69 Å². The maximum absolute atomic E-state index is 12.7. The Hall–Kier alpha value is -2.36. The molecule has 0 atom stereocenters. The first-order chi connectivity index (χ1) is 12.1. The molecule has 132 valence electrons. The molecule has 1 aliphatic heterocycles. The molecule has 0 bridgehead atoms. The van der Waals surface area contributed by atoms with Gasteiger partial charge < -0.3 is 10.2 Å². The van der Waals surface area contributed by atoms with Crippen LogP contribution in [0.25, 0.3) is 0 Å². The van der Waals surface area contributed by atoms with Crippen LogP contribution in [0.15, 0.2) is 42.6 Å². The SMILES string of the molecule is CC(C)c1ccc(Nc2ccnc(C(=O)N3CCCCCC3)c2)cc1. The van der Waals surface area contributed by atoms with Gasteiger partial charge in [0, 0.05) is 30.7 Å². The lowest BCUT2D eigenvalue weighted by Gasteiger charge is -2.20. The summed E-state index contributed by atoms with van der Waals surface area (Å²) in [6.45, 7) is 6.06. The number of rotatable bonds is 4. The number of amides is 1. The second-order valence-corrected chi connectivity index (χ2v) is 7.04.